The summed E-state index contributed by atoms with van der Waals surface area (Å²) in [6.45, 7) is 1.66. The number of nitrogens with zero attached hydrogens (tertiary/aromatic N) is 3. The molecule has 32 heavy (non-hydrogen) atoms. The molecule has 2 heterocycles. The fraction of sp³-hybridized carbons (Fsp3) is 0.280. The number of furan rings is 1. The lowest BCUT2D eigenvalue weighted by atomic mass is 9.99. The molecule has 0 aliphatic rings. The van der Waals surface area contributed by atoms with Crippen LogP contribution in [0, 0.1) is 5.41 Å². The van der Waals surface area contributed by atoms with Gasteiger partial charge in [-0.3, -0.25) is 5.41 Å². The number of hydrogen-bond acceptors (Lipinski definition) is 6. The fourth-order valence-electron chi connectivity index (χ4n) is 3.76. The second kappa shape index (κ2) is 9.28. The molecular weight excluding hydrogens is 404 g/mol. The van der Waals surface area contributed by atoms with E-state index < -0.39 is 0 Å². The van der Waals surface area contributed by atoms with Gasteiger partial charge < -0.3 is 23.4 Å². The standard InChI is InChI=1S/C25H28N4O3/c1-28(2)14-5-15-29-16-27-25-22(24(29)26)21(17-6-10-19(30-3)11-7-17)23(32-25)18-8-12-20(31-4)13-9-18/h6-13,16,26H,5,14-15H2,1-4H3. The first kappa shape index (κ1) is 21.6. The quantitative estimate of drug-likeness (QED) is 0.446. The van der Waals surface area contributed by atoms with E-state index in [9.17, 15) is 0 Å². The summed E-state index contributed by atoms with van der Waals surface area (Å²) in [4.78, 5) is 6.69. The van der Waals surface area contributed by atoms with E-state index in [-0.39, 0.29) is 0 Å². The monoisotopic (exact) mass is 432 g/mol. The van der Waals surface area contributed by atoms with Crippen LogP contribution in [0.4, 0.5) is 0 Å². The van der Waals surface area contributed by atoms with Gasteiger partial charge in [0.1, 0.15) is 29.1 Å². The summed E-state index contributed by atoms with van der Waals surface area (Å²) in [7, 11) is 7.39. The first-order valence-corrected chi connectivity index (χ1v) is 10.5. The third kappa shape index (κ3) is 4.24. The number of methoxy groups -OCH3 is 2. The highest BCUT2D eigenvalue weighted by molar-refractivity contribution is 5.99. The third-order valence-electron chi connectivity index (χ3n) is 5.46. The highest BCUT2D eigenvalue weighted by Gasteiger charge is 2.21. The lowest BCUT2D eigenvalue weighted by Crippen LogP contribution is -2.23. The van der Waals surface area contributed by atoms with Gasteiger partial charge in [0, 0.05) is 17.7 Å². The molecule has 4 aromatic rings. The maximum atomic E-state index is 8.94. The lowest BCUT2D eigenvalue weighted by Gasteiger charge is -2.11. The van der Waals surface area contributed by atoms with Gasteiger partial charge in [0.15, 0.2) is 0 Å². The van der Waals surface area contributed by atoms with Crippen LogP contribution in [0.1, 0.15) is 6.42 Å². The first-order chi connectivity index (χ1) is 15.5. The molecule has 0 fully saturated rings. The third-order valence-corrected chi connectivity index (χ3v) is 5.46. The predicted octanol–water partition coefficient (Wildman–Crippen LogP) is 4.41. The van der Waals surface area contributed by atoms with E-state index in [1.165, 1.54) is 0 Å². The van der Waals surface area contributed by atoms with Gasteiger partial charge in [-0.1, -0.05) is 12.1 Å². The van der Waals surface area contributed by atoms with Gasteiger partial charge in [-0.05, 0) is 69.0 Å². The molecule has 0 bridgehead atoms. The molecule has 0 aliphatic heterocycles. The van der Waals surface area contributed by atoms with Crippen LogP contribution >= 0.6 is 0 Å². The maximum absolute atomic E-state index is 8.94. The molecule has 166 valence electrons. The molecule has 1 N–H and O–H groups in total. The van der Waals surface area contributed by atoms with Crippen LogP contribution in [0.15, 0.2) is 59.3 Å². The molecule has 7 heteroatoms. The van der Waals surface area contributed by atoms with Gasteiger partial charge in [-0.15, -0.1) is 0 Å². The average molecular weight is 433 g/mol. The van der Waals surface area contributed by atoms with Crippen molar-refractivity contribution >= 4 is 11.1 Å². The van der Waals surface area contributed by atoms with Crippen molar-refractivity contribution in [3.63, 3.8) is 0 Å². The van der Waals surface area contributed by atoms with E-state index in [2.05, 4.69) is 9.88 Å². The number of hydrogen-bond donors (Lipinski definition) is 1. The molecule has 0 saturated carbocycles. The van der Waals surface area contributed by atoms with Gasteiger partial charge >= 0.3 is 0 Å². The van der Waals surface area contributed by atoms with E-state index in [0.29, 0.717) is 28.9 Å². The van der Waals surface area contributed by atoms with Crippen molar-refractivity contribution in [3.05, 3.63) is 60.3 Å². The molecule has 0 atom stereocenters. The molecule has 0 amide bonds. The summed E-state index contributed by atoms with van der Waals surface area (Å²) in [6, 6.07) is 15.5. The van der Waals surface area contributed by atoms with Gasteiger partial charge in [-0.2, -0.15) is 0 Å². The Morgan fingerprint density at radius 3 is 2.09 bits per heavy atom. The zero-order valence-corrected chi connectivity index (χ0v) is 18.9. The number of rotatable bonds is 8. The van der Waals surface area contributed by atoms with Crippen molar-refractivity contribution in [2.45, 2.75) is 13.0 Å². The lowest BCUT2D eigenvalue weighted by molar-refractivity contribution is 0.383. The minimum atomic E-state index is 0.392. The Hall–Kier alpha value is -3.58. The minimum absolute atomic E-state index is 0.392. The molecule has 0 saturated heterocycles. The molecule has 0 unspecified atom stereocenters. The smallest absolute Gasteiger partial charge is 0.232 e. The topological polar surface area (TPSA) is 76.5 Å². The predicted molar refractivity (Wildman–Crippen MR) is 125 cm³/mol. The molecule has 0 spiro atoms. The Bertz CT molecular complexity index is 1260. The summed E-state index contributed by atoms with van der Waals surface area (Å²) in [5, 5.41) is 9.64. The number of aryl methyl sites for hydroxylation is 1. The minimum Gasteiger partial charge on any atom is -0.497 e. The van der Waals surface area contributed by atoms with Crippen molar-refractivity contribution in [3.8, 4) is 33.9 Å². The van der Waals surface area contributed by atoms with Crippen LogP contribution in [0.2, 0.25) is 0 Å². The molecule has 0 radical (unpaired) electrons. The first-order valence-electron chi connectivity index (χ1n) is 10.5. The Kier molecular flexibility index (Phi) is 6.28. The summed E-state index contributed by atoms with van der Waals surface area (Å²) < 4.78 is 18.7. The SMILES string of the molecule is COc1ccc(-c2oc3ncn(CCCN(C)C)c(=N)c3c2-c2ccc(OC)cc2)cc1. The number of ether oxygens (including phenoxy) is 2. The molecule has 2 aromatic heterocycles. The van der Waals surface area contributed by atoms with Crippen molar-refractivity contribution in [2.75, 3.05) is 34.9 Å². The zero-order chi connectivity index (χ0) is 22.7. The summed E-state index contributed by atoms with van der Waals surface area (Å²) in [5.74, 6) is 2.23. The van der Waals surface area contributed by atoms with Crippen LogP contribution in [0.5, 0.6) is 11.5 Å². The van der Waals surface area contributed by atoms with Crippen LogP contribution in [-0.4, -0.2) is 49.3 Å². The largest absolute Gasteiger partial charge is 0.497 e. The normalized spacial score (nSPS) is 11.3. The highest BCUT2D eigenvalue weighted by Crippen LogP contribution is 2.39. The Morgan fingerprint density at radius 1 is 0.938 bits per heavy atom. The second-order valence-electron chi connectivity index (χ2n) is 7.89. The van der Waals surface area contributed by atoms with Gasteiger partial charge in [0.2, 0.25) is 5.71 Å². The summed E-state index contributed by atoms with van der Waals surface area (Å²) >= 11 is 0. The fourth-order valence-corrected chi connectivity index (χ4v) is 3.76. The summed E-state index contributed by atoms with van der Waals surface area (Å²) in [5.41, 5.74) is 3.54. The van der Waals surface area contributed by atoms with E-state index in [0.717, 1.165) is 41.2 Å². The Labute approximate surface area is 187 Å². The molecule has 7 nitrogen and oxygen atoms in total. The second-order valence-corrected chi connectivity index (χ2v) is 7.89. The van der Waals surface area contributed by atoms with E-state index >= 15 is 0 Å². The van der Waals surface area contributed by atoms with Gasteiger partial charge in [0.25, 0.3) is 0 Å². The highest BCUT2D eigenvalue weighted by atomic mass is 16.5. The molecule has 0 aliphatic carbocycles. The van der Waals surface area contributed by atoms with Crippen molar-refractivity contribution in [1.29, 1.82) is 5.41 Å². The molecule has 2 aromatic carbocycles. The van der Waals surface area contributed by atoms with Gasteiger partial charge in [-0.25, -0.2) is 4.98 Å². The van der Waals surface area contributed by atoms with Crippen molar-refractivity contribution in [1.82, 2.24) is 14.5 Å². The van der Waals surface area contributed by atoms with Crippen LogP contribution < -0.4 is 15.0 Å². The number of benzene rings is 2. The summed E-state index contributed by atoms with van der Waals surface area (Å²) in [6.07, 6.45) is 2.62. The average Bonchev–Trinajstić information content (AvgIpc) is 3.21. The van der Waals surface area contributed by atoms with Crippen LogP contribution in [0.25, 0.3) is 33.6 Å². The Morgan fingerprint density at radius 2 is 1.53 bits per heavy atom. The van der Waals surface area contributed by atoms with Crippen molar-refractivity contribution in [2.24, 2.45) is 0 Å². The maximum Gasteiger partial charge on any atom is 0.232 e. The molecular formula is C25H28N4O3. The van der Waals surface area contributed by atoms with Crippen LogP contribution in [-0.2, 0) is 6.54 Å². The number of aromatic nitrogens is 2. The van der Waals surface area contributed by atoms with E-state index in [4.69, 9.17) is 19.3 Å². The van der Waals surface area contributed by atoms with Crippen LogP contribution in [0.3, 0.4) is 0 Å². The number of fused-ring (bicyclic) bond motifs is 1. The molecule has 4 rings (SSSR count). The van der Waals surface area contributed by atoms with E-state index in [1.54, 1.807) is 20.5 Å². The Balaban J connectivity index is 1.89. The van der Waals surface area contributed by atoms with Gasteiger partial charge in [0.05, 0.1) is 19.6 Å². The number of nitrogens with one attached hydrogen (secondary N) is 1. The van der Waals surface area contributed by atoms with E-state index in [1.807, 2.05) is 67.2 Å². The van der Waals surface area contributed by atoms with Crippen molar-refractivity contribution < 1.29 is 13.9 Å². The zero-order valence-electron chi connectivity index (χ0n) is 18.9.